The summed E-state index contributed by atoms with van der Waals surface area (Å²) in [5.41, 5.74) is 2.88. The van der Waals surface area contributed by atoms with E-state index in [-0.39, 0.29) is 31.0 Å². The minimum absolute atomic E-state index is 0.0276. The zero-order valence-electron chi connectivity index (χ0n) is 18.3. The van der Waals surface area contributed by atoms with Gasteiger partial charge in [-0.05, 0) is 65.2 Å². The smallest absolute Gasteiger partial charge is 0.335 e. The van der Waals surface area contributed by atoms with Crippen molar-refractivity contribution in [3.63, 3.8) is 0 Å². The van der Waals surface area contributed by atoms with E-state index in [2.05, 4.69) is 4.98 Å². The van der Waals surface area contributed by atoms with Gasteiger partial charge in [0.25, 0.3) is 0 Å². The van der Waals surface area contributed by atoms with Crippen LogP contribution in [0.2, 0.25) is 0 Å². The Labute approximate surface area is 204 Å². The molecule has 3 aromatic carbocycles. The highest BCUT2D eigenvalue weighted by atomic mass is 32.1. The summed E-state index contributed by atoms with van der Waals surface area (Å²) in [6, 6.07) is 17.7. The quantitative estimate of drug-likeness (QED) is 0.323. The lowest BCUT2D eigenvalue weighted by atomic mass is 10.0. The number of hydrogen-bond acceptors (Lipinski definition) is 8. The molecule has 1 heterocycles. The second-order valence-electron chi connectivity index (χ2n) is 7.72. The third-order valence-electron chi connectivity index (χ3n) is 5.41. The van der Waals surface area contributed by atoms with E-state index in [1.807, 2.05) is 6.07 Å². The average molecular weight is 489 g/mol. The van der Waals surface area contributed by atoms with Crippen molar-refractivity contribution in [1.82, 2.24) is 4.98 Å². The second-order valence-corrected chi connectivity index (χ2v) is 8.83. The van der Waals surface area contributed by atoms with Gasteiger partial charge < -0.3 is 20.1 Å². The number of aromatic carboxylic acids is 1. The standard InChI is InChI=1S/C26H20N2O6S/c27-12-15-1-3-16(4-2-15)25(34-20-7-5-17(6-8-20)26(32)33)22(31)11-24-28-21-9-18(13-29)19(14-30)10-23(21)35-24/h1-10,25,29-30H,11,13-14H2,(H,32,33). The molecule has 0 saturated carbocycles. The van der Waals surface area contributed by atoms with Gasteiger partial charge in [0.1, 0.15) is 10.8 Å². The number of ketones is 1. The van der Waals surface area contributed by atoms with Gasteiger partial charge in [-0.2, -0.15) is 5.26 Å². The Morgan fingerprint density at radius 2 is 1.66 bits per heavy atom. The highest BCUT2D eigenvalue weighted by Crippen LogP contribution is 2.29. The summed E-state index contributed by atoms with van der Waals surface area (Å²) in [6.07, 6.45) is -1.04. The number of hydrogen-bond donors (Lipinski definition) is 3. The Morgan fingerprint density at radius 3 is 2.26 bits per heavy atom. The first kappa shape index (κ1) is 24.0. The number of fused-ring (bicyclic) bond motifs is 1. The van der Waals surface area contributed by atoms with E-state index in [1.54, 1.807) is 36.4 Å². The van der Waals surface area contributed by atoms with E-state index >= 15 is 0 Å². The molecule has 0 aliphatic heterocycles. The van der Waals surface area contributed by atoms with Crippen molar-refractivity contribution < 1.29 is 29.6 Å². The number of benzene rings is 3. The molecule has 35 heavy (non-hydrogen) atoms. The molecule has 0 saturated heterocycles. The Morgan fingerprint density at radius 1 is 1.00 bits per heavy atom. The summed E-state index contributed by atoms with van der Waals surface area (Å²) < 4.78 is 6.76. The van der Waals surface area contributed by atoms with Crippen molar-refractivity contribution in [3.8, 4) is 11.8 Å². The van der Waals surface area contributed by atoms with Crippen LogP contribution < -0.4 is 4.74 Å². The van der Waals surface area contributed by atoms with Crippen molar-refractivity contribution in [2.24, 2.45) is 0 Å². The summed E-state index contributed by atoms with van der Waals surface area (Å²) in [6.45, 7) is -0.444. The highest BCUT2D eigenvalue weighted by molar-refractivity contribution is 7.18. The molecule has 1 unspecified atom stereocenters. The van der Waals surface area contributed by atoms with Gasteiger partial charge in [0.15, 0.2) is 11.9 Å². The molecule has 8 nitrogen and oxygen atoms in total. The number of rotatable bonds is 9. The van der Waals surface area contributed by atoms with Gasteiger partial charge in [-0.25, -0.2) is 9.78 Å². The Bertz CT molecular complexity index is 1380. The molecule has 4 aromatic rings. The summed E-state index contributed by atoms with van der Waals surface area (Å²) in [4.78, 5) is 29.0. The van der Waals surface area contributed by atoms with Crippen LogP contribution in [-0.4, -0.2) is 32.1 Å². The lowest BCUT2D eigenvalue weighted by Gasteiger charge is -2.18. The van der Waals surface area contributed by atoms with E-state index in [9.17, 15) is 19.8 Å². The normalized spacial score (nSPS) is 11.7. The van der Waals surface area contributed by atoms with Crippen molar-refractivity contribution in [2.75, 3.05) is 0 Å². The number of nitrogens with zero attached hydrogens (tertiary/aromatic N) is 2. The van der Waals surface area contributed by atoms with E-state index in [0.717, 1.165) is 4.70 Å². The fourth-order valence-electron chi connectivity index (χ4n) is 3.58. The van der Waals surface area contributed by atoms with Gasteiger partial charge in [-0.15, -0.1) is 11.3 Å². The number of carboxylic acids is 1. The first-order valence-corrected chi connectivity index (χ1v) is 11.4. The number of carbonyl (C=O) groups excluding carboxylic acids is 1. The SMILES string of the molecule is N#Cc1ccc(C(Oc2ccc(C(=O)O)cc2)C(=O)Cc2nc3cc(CO)c(CO)cc3s2)cc1. The summed E-state index contributed by atoms with van der Waals surface area (Å²) in [5, 5.41) is 37.8. The molecule has 0 aliphatic rings. The molecule has 0 amide bonds. The molecule has 0 spiro atoms. The first-order valence-electron chi connectivity index (χ1n) is 10.6. The maximum Gasteiger partial charge on any atom is 0.335 e. The minimum atomic E-state index is -1.07. The number of carboxylic acid groups (broad SMARTS) is 1. The highest BCUT2D eigenvalue weighted by Gasteiger charge is 2.25. The number of thiazole rings is 1. The first-order chi connectivity index (χ1) is 16.9. The molecule has 0 fully saturated rings. The number of ether oxygens (including phenoxy) is 1. The molecular formula is C26H20N2O6S. The van der Waals surface area contributed by atoms with E-state index < -0.39 is 12.1 Å². The lowest BCUT2D eigenvalue weighted by Crippen LogP contribution is -2.21. The summed E-state index contributed by atoms with van der Waals surface area (Å²) in [7, 11) is 0. The van der Waals surface area contributed by atoms with Crippen LogP contribution in [0.15, 0.2) is 60.7 Å². The van der Waals surface area contributed by atoms with Crippen molar-refractivity contribution in [1.29, 1.82) is 5.26 Å². The molecule has 176 valence electrons. The molecule has 4 rings (SSSR count). The Balaban J connectivity index is 1.63. The van der Waals surface area contributed by atoms with Crippen LogP contribution in [0.5, 0.6) is 5.75 Å². The van der Waals surface area contributed by atoms with Crippen LogP contribution in [-0.2, 0) is 24.4 Å². The topological polar surface area (TPSA) is 141 Å². The number of aromatic nitrogens is 1. The van der Waals surface area contributed by atoms with E-state index in [4.69, 9.17) is 15.1 Å². The lowest BCUT2D eigenvalue weighted by molar-refractivity contribution is -0.125. The average Bonchev–Trinajstić information content (AvgIpc) is 3.27. The molecule has 1 atom stereocenters. The fraction of sp³-hybridized carbons (Fsp3) is 0.154. The third-order valence-corrected chi connectivity index (χ3v) is 6.43. The van der Waals surface area contributed by atoms with Crippen LogP contribution in [0.1, 0.15) is 43.7 Å². The van der Waals surface area contributed by atoms with Gasteiger partial charge in [0, 0.05) is 0 Å². The van der Waals surface area contributed by atoms with Crippen LogP contribution >= 0.6 is 11.3 Å². The second kappa shape index (κ2) is 10.4. The molecule has 9 heteroatoms. The van der Waals surface area contributed by atoms with Gasteiger partial charge in [-0.3, -0.25) is 4.79 Å². The maximum atomic E-state index is 13.4. The van der Waals surface area contributed by atoms with Crippen LogP contribution in [0.4, 0.5) is 0 Å². The van der Waals surface area contributed by atoms with Crippen molar-refractivity contribution >= 4 is 33.3 Å². The predicted octanol–water partition coefficient (Wildman–Crippen LogP) is 3.78. The molecule has 3 N–H and O–H groups in total. The van der Waals surface area contributed by atoms with E-state index in [0.29, 0.717) is 38.5 Å². The number of aliphatic hydroxyl groups excluding tert-OH is 2. The van der Waals surface area contributed by atoms with Gasteiger partial charge in [0.2, 0.25) is 0 Å². The molecule has 0 radical (unpaired) electrons. The van der Waals surface area contributed by atoms with E-state index in [1.165, 1.54) is 35.6 Å². The predicted molar refractivity (Wildman–Crippen MR) is 128 cm³/mol. The van der Waals surface area contributed by atoms with Gasteiger partial charge in [0.05, 0.1) is 47.0 Å². The summed E-state index contributed by atoms with van der Waals surface area (Å²) >= 11 is 1.32. The van der Waals surface area contributed by atoms with Crippen molar-refractivity contribution in [2.45, 2.75) is 25.7 Å². The Hall–Kier alpha value is -4.10. The molecule has 0 aliphatic carbocycles. The molecule has 0 bridgehead atoms. The van der Waals surface area contributed by atoms with Gasteiger partial charge in [-0.1, -0.05) is 12.1 Å². The summed E-state index contributed by atoms with van der Waals surface area (Å²) in [5.74, 6) is -1.02. The minimum Gasteiger partial charge on any atom is -0.478 e. The fourth-order valence-corrected chi connectivity index (χ4v) is 4.61. The number of nitriles is 1. The van der Waals surface area contributed by atoms with Crippen LogP contribution in [0, 0.1) is 11.3 Å². The zero-order valence-corrected chi connectivity index (χ0v) is 19.2. The maximum absolute atomic E-state index is 13.4. The van der Waals surface area contributed by atoms with Gasteiger partial charge >= 0.3 is 5.97 Å². The molecular weight excluding hydrogens is 468 g/mol. The largest absolute Gasteiger partial charge is 0.478 e. The monoisotopic (exact) mass is 488 g/mol. The van der Waals surface area contributed by atoms with Crippen LogP contribution in [0.25, 0.3) is 10.2 Å². The third kappa shape index (κ3) is 5.36. The number of Topliss-reactive ketones (excluding diaryl/α,β-unsaturated/α-hetero) is 1. The zero-order chi connectivity index (χ0) is 24.9. The Kier molecular flexibility index (Phi) is 7.17. The number of carbonyl (C=O) groups is 2. The molecule has 1 aromatic heterocycles. The van der Waals surface area contributed by atoms with Crippen LogP contribution in [0.3, 0.4) is 0 Å². The number of aliphatic hydroxyl groups is 2. The van der Waals surface area contributed by atoms with Crippen molar-refractivity contribution in [3.05, 3.63) is 93.5 Å².